The Kier molecular flexibility index (Phi) is 4.26. The van der Waals surface area contributed by atoms with Crippen LogP contribution in [0.25, 0.3) is 0 Å². The summed E-state index contributed by atoms with van der Waals surface area (Å²) in [5, 5.41) is 9.61. The highest BCUT2D eigenvalue weighted by Gasteiger charge is 2.22. The fourth-order valence-electron chi connectivity index (χ4n) is 3.05. The van der Waals surface area contributed by atoms with E-state index >= 15 is 0 Å². The van der Waals surface area contributed by atoms with E-state index in [-0.39, 0.29) is 22.9 Å². The molecule has 3 rings (SSSR count). The van der Waals surface area contributed by atoms with Gasteiger partial charge < -0.3 is 5.32 Å². The van der Waals surface area contributed by atoms with Gasteiger partial charge in [0.2, 0.25) is 0 Å². The lowest BCUT2D eigenvalue weighted by atomic mass is 9.86. The van der Waals surface area contributed by atoms with Crippen molar-refractivity contribution in [1.29, 1.82) is 0 Å². The van der Waals surface area contributed by atoms with Crippen LogP contribution in [-0.2, 0) is 18.3 Å². The Bertz CT molecular complexity index is 801. The van der Waals surface area contributed by atoms with Gasteiger partial charge in [-0.05, 0) is 47.9 Å². The van der Waals surface area contributed by atoms with Crippen LogP contribution in [-0.4, -0.2) is 22.1 Å². The molecule has 1 aromatic carbocycles. The number of hydrogen-bond donors (Lipinski definition) is 2. The number of aryl methyl sites for hydroxylation is 1. The Labute approximate surface area is 141 Å². The van der Waals surface area contributed by atoms with Crippen molar-refractivity contribution in [3.63, 3.8) is 0 Å². The number of carbonyl (C=O) groups is 1. The van der Waals surface area contributed by atoms with Crippen LogP contribution in [0.2, 0.25) is 0 Å². The molecule has 1 atom stereocenters. The zero-order chi connectivity index (χ0) is 17.3. The molecule has 0 aliphatic heterocycles. The van der Waals surface area contributed by atoms with Gasteiger partial charge in [0.25, 0.3) is 11.5 Å². The van der Waals surface area contributed by atoms with E-state index in [0.29, 0.717) is 12.0 Å². The van der Waals surface area contributed by atoms with Gasteiger partial charge in [-0.2, -0.15) is 5.10 Å². The summed E-state index contributed by atoms with van der Waals surface area (Å²) in [6.45, 7) is 6.45. The molecule has 24 heavy (non-hydrogen) atoms. The van der Waals surface area contributed by atoms with E-state index in [4.69, 9.17) is 0 Å². The first-order valence-electron chi connectivity index (χ1n) is 8.32. The number of benzene rings is 1. The minimum Gasteiger partial charge on any atom is -0.349 e. The zero-order valence-electron chi connectivity index (χ0n) is 14.3. The molecule has 0 saturated heterocycles. The monoisotopic (exact) mass is 325 g/mol. The minimum atomic E-state index is -0.196. The highest BCUT2D eigenvalue weighted by molar-refractivity contribution is 5.94. The Morgan fingerprint density at radius 1 is 1.25 bits per heavy atom. The summed E-state index contributed by atoms with van der Waals surface area (Å²) < 4.78 is 0. The van der Waals surface area contributed by atoms with Crippen LogP contribution in [0.4, 0.5) is 0 Å². The lowest BCUT2D eigenvalue weighted by Gasteiger charge is -2.24. The van der Waals surface area contributed by atoms with Crippen LogP contribution in [0.5, 0.6) is 0 Å². The van der Waals surface area contributed by atoms with Crippen molar-refractivity contribution in [3.05, 3.63) is 63.1 Å². The van der Waals surface area contributed by atoms with E-state index < -0.39 is 0 Å². The van der Waals surface area contributed by atoms with E-state index in [1.165, 1.54) is 5.56 Å². The molecule has 1 unspecified atom stereocenters. The van der Waals surface area contributed by atoms with Gasteiger partial charge in [0.1, 0.15) is 0 Å². The quantitative estimate of drug-likeness (QED) is 0.890. The number of nitrogens with one attached hydrogen (secondary N) is 2. The van der Waals surface area contributed by atoms with Crippen LogP contribution >= 0.6 is 0 Å². The molecular weight excluding hydrogens is 302 g/mol. The number of H-pyrrole nitrogens is 1. The van der Waals surface area contributed by atoms with Crippen molar-refractivity contribution in [2.45, 2.75) is 51.5 Å². The molecule has 1 heterocycles. The standard InChI is InChI=1S/C19H23N3O2/c1-19(2,3)14-6-4-12(5-7-14)18(24)20-15-8-9-16-13(10-15)11-17(23)22-21-16/h4-7,11,15H,8-10H2,1-3H3,(H,20,24)(H,22,23). The first kappa shape index (κ1) is 16.4. The van der Waals surface area contributed by atoms with E-state index in [1.54, 1.807) is 6.07 Å². The summed E-state index contributed by atoms with van der Waals surface area (Å²) in [7, 11) is 0. The molecule has 0 saturated carbocycles. The van der Waals surface area contributed by atoms with Crippen molar-refractivity contribution in [2.75, 3.05) is 0 Å². The maximum Gasteiger partial charge on any atom is 0.264 e. The number of aromatic amines is 1. The third kappa shape index (κ3) is 3.55. The van der Waals surface area contributed by atoms with Crippen LogP contribution in [0.15, 0.2) is 35.1 Å². The molecule has 1 aliphatic rings. The minimum absolute atomic E-state index is 0.0379. The Morgan fingerprint density at radius 3 is 2.62 bits per heavy atom. The molecule has 0 fully saturated rings. The molecule has 0 radical (unpaired) electrons. The number of rotatable bonds is 2. The highest BCUT2D eigenvalue weighted by atomic mass is 16.1. The largest absolute Gasteiger partial charge is 0.349 e. The molecule has 1 aromatic heterocycles. The molecule has 2 aromatic rings. The predicted molar refractivity (Wildman–Crippen MR) is 93.3 cm³/mol. The van der Waals surface area contributed by atoms with E-state index in [9.17, 15) is 9.59 Å². The molecular formula is C19H23N3O2. The third-order valence-electron chi connectivity index (χ3n) is 4.52. The van der Waals surface area contributed by atoms with Gasteiger partial charge >= 0.3 is 0 Å². The average molecular weight is 325 g/mol. The van der Waals surface area contributed by atoms with E-state index in [2.05, 4.69) is 36.3 Å². The van der Waals surface area contributed by atoms with Crippen molar-refractivity contribution < 1.29 is 4.79 Å². The number of carbonyl (C=O) groups excluding carboxylic acids is 1. The van der Waals surface area contributed by atoms with Gasteiger partial charge in [0.15, 0.2) is 0 Å². The maximum absolute atomic E-state index is 12.5. The predicted octanol–water partition coefficient (Wildman–Crippen LogP) is 2.35. The molecule has 1 amide bonds. The Balaban J connectivity index is 1.68. The second kappa shape index (κ2) is 6.23. The normalized spacial score (nSPS) is 17.2. The molecule has 1 aliphatic carbocycles. The Hall–Kier alpha value is -2.43. The van der Waals surface area contributed by atoms with Crippen LogP contribution in [0.1, 0.15) is 54.4 Å². The Morgan fingerprint density at radius 2 is 1.96 bits per heavy atom. The second-order valence-corrected chi connectivity index (χ2v) is 7.44. The molecule has 0 bridgehead atoms. The lowest BCUT2D eigenvalue weighted by Crippen LogP contribution is -2.39. The summed E-state index contributed by atoms with van der Waals surface area (Å²) in [5.41, 5.74) is 3.60. The summed E-state index contributed by atoms with van der Waals surface area (Å²) in [6.07, 6.45) is 2.25. The van der Waals surface area contributed by atoms with Gasteiger partial charge in [-0.3, -0.25) is 9.59 Å². The van der Waals surface area contributed by atoms with Gasteiger partial charge in [-0.15, -0.1) is 0 Å². The fraction of sp³-hybridized carbons (Fsp3) is 0.421. The number of nitrogens with zero attached hydrogens (tertiary/aromatic N) is 1. The summed E-state index contributed by atoms with van der Waals surface area (Å²) in [6, 6.07) is 9.38. The van der Waals surface area contributed by atoms with E-state index in [1.807, 2.05) is 24.3 Å². The molecule has 126 valence electrons. The molecule has 5 heteroatoms. The van der Waals surface area contributed by atoms with Gasteiger partial charge in [0.05, 0.1) is 5.69 Å². The summed E-state index contributed by atoms with van der Waals surface area (Å²) >= 11 is 0. The number of hydrogen-bond acceptors (Lipinski definition) is 3. The van der Waals surface area contributed by atoms with Gasteiger partial charge in [-0.25, -0.2) is 5.10 Å². The van der Waals surface area contributed by atoms with Crippen LogP contribution < -0.4 is 10.9 Å². The lowest BCUT2D eigenvalue weighted by molar-refractivity contribution is 0.0933. The van der Waals surface area contributed by atoms with Gasteiger partial charge in [0, 0.05) is 17.7 Å². The molecule has 5 nitrogen and oxygen atoms in total. The third-order valence-corrected chi connectivity index (χ3v) is 4.52. The van der Waals surface area contributed by atoms with E-state index in [0.717, 1.165) is 24.1 Å². The van der Waals surface area contributed by atoms with Crippen LogP contribution in [0.3, 0.4) is 0 Å². The highest BCUT2D eigenvalue weighted by Crippen LogP contribution is 2.22. The van der Waals surface area contributed by atoms with Crippen molar-refractivity contribution in [3.8, 4) is 0 Å². The van der Waals surface area contributed by atoms with Crippen molar-refractivity contribution >= 4 is 5.91 Å². The first-order chi connectivity index (χ1) is 11.3. The summed E-state index contributed by atoms with van der Waals surface area (Å²) in [5.74, 6) is -0.0679. The van der Waals surface area contributed by atoms with Crippen molar-refractivity contribution in [2.24, 2.45) is 0 Å². The summed E-state index contributed by atoms with van der Waals surface area (Å²) in [4.78, 5) is 23.9. The zero-order valence-corrected chi connectivity index (χ0v) is 14.3. The first-order valence-corrected chi connectivity index (χ1v) is 8.32. The topological polar surface area (TPSA) is 74.8 Å². The number of amides is 1. The molecule has 2 N–H and O–H groups in total. The fourth-order valence-corrected chi connectivity index (χ4v) is 3.05. The number of fused-ring (bicyclic) bond motifs is 1. The SMILES string of the molecule is CC(C)(C)c1ccc(C(=O)NC2CCc3n[nH]c(=O)cc3C2)cc1. The maximum atomic E-state index is 12.5. The smallest absolute Gasteiger partial charge is 0.264 e. The van der Waals surface area contributed by atoms with Crippen molar-refractivity contribution in [1.82, 2.24) is 15.5 Å². The second-order valence-electron chi connectivity index (χ2n) is 7.44. The average Bonchev–Trinajstić information content (AvgIpc) is 2.53. The number of aromatic nitrogens is 2. The molecule has 0 spiro atoms. The van der Waals surface area contributed by atoms with Gasteiger partial charge in [-0.1, -0.05) is 32.9 Å². The van der Waals surface area contributed by atoms with Crippen LogP contribution in [0, 0.1) is 0 Å².